The summed E-state index contributed by atoms with van der Waals surface area (Å²) in [4.78, 5) is 4.26. The average Bonchev–Trinajstić information content (AvgIpc) is 2.50. The number of rotatable bonds is 2. The third-order valence-corrected chi connectivity index (χ3v) is 2.68. The van der Waals surface area contributed by atoms with Crippen molar-refractivity contribution in [3.8, 4) is 0 Å². The van der Waals surface area contributed by atoms with E-state index in [1.807, 2.05) is 6.92 Å². The van der Waals surface area contributed by atoms with Crippen LogP contribution in [-0.2, 0) is 0 Å². The number of nitrogens with two attached hydrogens (primary N) is 1. The lowest BCUT2D eigenvalue weighted by Gasteiger charge is -1.96. The van der Waals surface area contributed by atoms with Crippen LogP contribution in [-0.4, -0.2) is 10.1 Å². The van der Waals surface area contributed by atoms with E-state index in [9.17, 15) is 0 Å². The van der Waals surface area contributed by atoms with Crippen molar-refractivity contribution in [2.24, 2.45) is 11.1 Å². The molecule has 2 N–H and O–H groups in total. The third-order valence-electron chi connectivity index (χ3n) is 2.68. The summed E-state index contributed by atoms with van der Waals surface area (Å²) in [6, 6.07) is -0.139. The van der Waals surface area contributed by atoms with Crippen molar-refractivity contribution in [1.82, 2.24) is 10.1 Å². The van der Waals surface area contributed by atoms with Crippen molar-refractivity contribution in [3.05, 3.63) is 11.7 Å². The van der Waals surface area contributed by atoms with Crippen LogP contribution < -0.4 is 5.73 Å². The summed E-state index contributed by atoms with van der Waals surface area (Å²) in [7, 11) is 0. The first-order valence-electron chi connectivity index (χ1n) is 4.60. The number of hydrogen-bond donors (Lipinski definition) is 1. The summed E-state index contributed by atoms with van der Waals surface area (Å²) < 4.78 is 5.14. The summed E-state index contributed by atoms with van der Waals surface area (Å²) in [5.74, 6) is 1.79. The Hall–Kier alpha value is -0.610. The van der Waals surface area contributed by atoms with E-state index in [0.717, 1.165) is 12.3 Å². The van der Waals surface area contributed by atoms with Crippen molar-refractivity contribution >= 4 is 12.4 Å². The minimum Gasteiger partial charge on any atom is -0.339 e. The van der Waals surface area contributed by atoms with E-state index >= 15 is 0 Å². The summed E-state index contributed by atoms with van der Waals surface area (Å²) in [5, 5.41) is 3.83. The first kappa shape index (κ1) is 11.5. The van der Waals surface area contributed by atoms with Crippen molar-refractivity contribution < 1.29 is 4.52 Å². The van der Waals surface area contributed by atoms with Crippen LogP contribution in [0.4, 0.5) is 0 Å². The normalized spacial score (nSPS) is 25.3. The molecule has 0 aliphatic heterocycles. The van der Waals surface area contributed by atoms with Crippen LogP contribution in [0, 0.1) is 5.41 Å². The number of aromatic nitrogens is 2. The van der Waals surface area contributed by atoms with Gasteiger partial charge in [0.05, 0.1) is 6.04 Å². The van der Waals surface area contributed by atoms with Gasteiger partial charge in [0.1, 0.15) is 0 Å². The summed E-state index contributed by atoms with van der Waals surface area (Å²) in [6.45, 7) is 6.26. The number of nitrogens with zero attached hydrogens (tertiary/aromatic N) is 2. The van der Waals surface area contributed by atoms with Crippen LogP contribution in [0.25, 0.3) is 0 Å². The largest absolute Gasteiger partial charge is 0.339 e. The van der Waals surface area contributed by atoms with Gasteiger partial charge in [0.25, 0.3) is 0 Å². The van der Waals surface area contributed by atoms with E-state index in [2.05, 4.69) is 24.0 Å². The molecule has 0 spiro atoms. The predicted molar refractivity (Wildman–Crippen MR) is 55.3 cm³/mol. The highest BCUT2D eigenvalue weighted by Gasteiger charge is 2.50. The van der Waals surface area contributed by atoms with Crippen LogP contribution in [0.5, 0.6) is 0 Å². The molecule has 5 heteroatoms. The number of halogens is 1. The van der Waals surface area contributed by atoms with Gasteiger partial charge in [-0.05, 0) is 18.8 Å². The molecule has 80 valence electrons. The zero-order valence-corrected chi connectivity index (χ0v) is 9.47. The van der Waals surface area contributed by atoms with Gasteiger partial charge in [0.2, 0.25) is 5.89 Å². The highest BCUT2D eigenvalue weighted by molar-refractivity contribution is 5.85. The molecule has 0 amide bonds. The molecule has 1 unspecified atom stereocenters. The Morgan fingerprint density at radius 2 is 2.14 bits per heavy atom. The third kappa shape index (κ3) is 1.91. The maximum absolute atomic E-state index is 5.63. The standard InChI is InChI=1S/C9H15N3O.ClH/c1-5(10)7-11-8(13-12-7)6-4-9(6,2)3;/h5-6H,4,10H2,1-3H3;1H/t5?,6-;/m1./s1. The molecule has 14 heavy (non-hydrogen) atoms. The Kier molecular flexibility index (Phi) is 2.88. The van der Waals surface area contributed by atoms with Crippen molar-refractivity contribution in [3.63, 3.8) is 0 Å². The first-order valence-corrected chi connectivity index (χ1v) is 4.60. The number of hydrogen-bond acceptors (Lipinski definition) is 4. The smallest absolute Gasteiger partial charge is 0.230 e. The maximum Gasteiger partial charge on any atom is 0.230 e. The fourth-order valence-corrected chi connectivity index (χ4v) is 1.46. The molecular formula is C9H16ClN3O. The Balaban J connectivity index is 0.000000980. The van der Waals surface area contributed by atoms with Gasteiger partial charge in [-0.15, -0.1) is 12.4 Å². The summed E-state index contributed by atoms with van der Waals surface area (Å²) >= 11 is 0. The second-order valence-corrected chi connectivity index (χ2v) is 4.52. The van der Waals surface area contributed by atoms with E-state index in [-0.39, 0.29) is 18.4 Å². The highest BCUT2D eigenvalue weighted by Crippen LogP contribution is 2.57. The van der Waals surface area contributed by atoms with Gasteiger partial charge in [0.15, 0.2) is 5.82 Å². The van der Waals surface area contributed by atoms with Crippen molar-refractivity contribution in [2.75, 3.05) is 0 Å². The molecule has 1 fully saturated rings. The molecular weight excluding hydrogens is 202 g/mol. The minimum atomic E-state index is -0.139. The first-order chi connectivity index (χ1) is 6.00. The fraction of sp³-hybridized carbons (Fsp3) is 0.778. The van der Waals surface area contributed by atoms with Crippen LogP contribution >= 0.6 is 12.4 Å². The van der Waals surface area contributed by atoms with Gasteiger partial charge in [-0.3, -0.25) is 0 Å². The molecule has 0 bridgehead atoms. The highest BCUT2D eigenvalue weighted by atomic mass is 35.5. The van der Waals surface area contributed by atoms with Crippen molar-refractivity contribution in [2.45, 2.75) is 39.2 Å². The molecule has 1 aromatic heterocycles. The van der Waals surface area contributed by atoms with E-state index in [1.54, 1.807) is 0 Å². The monoisotopic (exact) mass is 217 g/mol. The second-order valence-electron chi connectivity index (χ2n) is 4.52. The lowest BCUT2D eigenvalue weighted by atomic mass is 10.1. The van der Waals surface area contributed by atoms with Crippen molar-refractivity contribution in [1.29, 1.82) is 0 Å². The molecule has 1 saturated carbocycles. The molecule has 1 aliphatic rings. The average molecular weight is 218 g/mol. The molecule has 1 aromatic rings. The predicted octanol–water partition coefficient (Wildman–Crippen LogP) is 2.02. The van der Waals surface area contributed by atoms with E-state index in [0.29, 0.717) is 17.2 Å². The molecule has 1 heterocycles. The quantitative estimate of drug-likeness (QED) is 0.823. The molecule has 2 atom stereocenters. The van der Waals surface area contributed by atoms with Crippen LogP contribution in [0.1, 0.15) is 50.9 Å². The molecule has 2 rings (SSSR count). The lowest BCUT2D eigenvalue weighted by molar-refractivity contribution is 0.361. The molecule has 0 radical (unpaired) electrons. The zero-order valence-electron chi connectivity index (χ0n) is 8.65. The molecule has 0 saturated heterocycles. The van der Waals surface area contributed by atoms with Gasteiger partial charge in [-0.25, -0.2) is 0 Å². The minimum absolute atomic E-state index is 0. The van der Waals surface area contributed by atoms with Gasteiger partial charge in [-0.2, -0.15) is 4.98 Å². The summed E-state index contributed by atoms with van der Waals surface area (Å²) in [5.41, 5.74) is 5.97. The Bertz CT molecular complexity index is 322. The molecule has 0 aromatic carbocycles. The van der Waals surface area contributed by atoms with E-state index < -0.39 is 0 Å². The van der Waals surface area contributed by atoms with Crippen LogP contribution in [0.15, 0.2) is 4.52 Å². The fourth-order valence-electron chi connectivity index (χ4n) is 1.46. The van der Waals surface area contributed by atoms with Crippen LogP contribution in [0.3, 0.4) is 0 Å². The van der Waals surface area contributed by atoms with E-state index in [4.69, 9.17) is 10.3 Å². The van der Waals surface area contributed by atoms with E-state index in [1.165, 1.54) is 0 Å². The Labute approximate surface area is 89.7 Å². The maximum atomic E-state index is 5.63. The van der Waals surface area contributed by atoms with Crippen LogP contribution in [0.2, 0.25) is 0 Å². The molecule has 4 nitrogen and oxygen atoms in total. The lowest BCUT2D eigenvalue weighted by Crippen LogP contribution is -2.06. The second kappa shape index (κ2) is 3.51. The van der Waals surface area contributed by atoms with Gasteiger partial charge >= 0.3 is 0 Å². The van der Waals surface area contributed by atoms with Gasteiger partial charge in [-0.1, -0.05) is 19.0 Å². The zero-order chi connectivity index (χ0) is 9.64. The summed E-state index contributed by atoms with van der Waals surface area (Å²) in [6.07, 6.45) is 1.13. The Morgan fingerprint density at radius 3 is 2.50 bits per heavy atom. The molecule has 1 aliphatic carbocycles. The van der Waals surface area contributed by atoms with Gasteiger partial charge < -0.3 is 10.3 Å². The van der Waals surface area contributed by atoms with Gasteiger partial charge in [0, 0.05) is 5.92 Å². The SMILES string of the molecule is CC(N)c1noc([C@H]2CC2(C)C)n1.Cl. The topological polar surface area (TPSA) is 64.9 Å². The Morgan fingerprint density at radius 1 is 1.57 bits per heavy atom.